The lowest BCUT2D eigenvalue weighted by molar-refractivity contribution is 0.281. The van der Waals surface area contributed by atoms with Crippen LogP contribution in [0, 0.1) is 6.92 Å². The van der Waals surface area contributed by atoms with E-state index in [2.05, 4.69) is 20.9 Å². The maximum atomic E-state index is 9.25. The molecular weight excluding hydrogens is 256 g/mol. The minimum Gasteiger partial charge on any atom is -0.392 e. The summed E-state index contributed by atoms with van der Waals surface area (Å²) in [5.74, 6) is 0.905. The third kappa shape index (κ3) is 1.96. The van der Waals surface area contributed by atoms with Crippen LogP contribution in [0.15, 0.2) is 35.1 Å². The van der Waals surface area contributed by atoms with Gasteiger partial charge in [0.05, 0.1) is 12.3 Å². The molecule has 0 fully saturated rings. The molecule has 1 heterocycles. The minimum absolute atomic E-state index is 0.0280. The van der Waals surface area contributed by atoms with Crippen molar-refractivity contribution in [3.63, 3.8) is 0 Å². The van der Waals surface area contributed by atoms with Gasteiger partial charge in [-0.05, 0) is 19.1 Å². The Morgan fingerprint density at radius 1 is 1.47 bits per heavy atom. The van der Waals surface area contributed by atoms with Crippen molar-refractivity contribution in [2.45, 2.75) is 13.5 Å². The van der Waals surface area contributed by atoms with Crippen molar-refractivity contribution < 1.29 is 5.11 Å². The average molecular weight is 267 g/mol. The van der Waals surface area contributed by atoms with Gasteiger partial charge in [0.15, 0.2) is 0 Å². The molecule has 0 amide bonds. The van der Waals surface area contributed by atoms with Crippen LogP contribution in [-0.4, -0.2) is 14.7 Å². The molecule has 1 N–H and O–H groups in total. The second-order valence-corrected chi connectivity index (χ2v) is 4.19. The Bertz CT molecular complexity index is 479. The first-order valence-corrected chi connectivity index (χ1v) is 5.41. The summed E-state index contributed by atoms with van der Waals surface area (Å²) in [6.07, 6.45) is 3.63. The lowest BCUT2D eigenvalue weighted by atomic mass is 10.2. The summed E-state index contributed by atoms with van der Waals surface area (Å²) in [6.45, 7) is 1.96. The van der Waals surface area contributed by atoms with Crippen molar-refractivity contribution in [1.82, 2.24) is 9.55 Å². The summed E-state index contributed by atoms with van der Waals surface area (Å²) in [5, 5.41) is 9.25. The van der Waals surface area contributed by atoms with Crippen molar-refractivity contribution >= 4 is 15.9 Å². The first-order chi connectivity index (χ1) is 7.22. The molecule has 15 heavy (non-hydrogen) atoms. The molecule has 78 valence electrons. The molecule has 0 spiro atoms. The third-order valence-corrected chi connectivity index (χ3v) is 2.80. The summed E-state index contributed by atoms with van der Waals surface area (Å²) >= 11 is 3.42. The van der Waals surface area contributed by atoms with Gasteiger partial charge in [0.25, 0.3) is 0 Å². The monoisotopic (exact) mass is 266 g/mol. The number of aryl methyl sites for hydroxylation is 1. The highest BCUT2D eigenvalue weighted by atomic mass is 79.9. The Morgan fingerprint density at radius 2 is 2.27 bits per heavy atom. The van der Waals surface area contributed by atoms with Crippen LogP contribution in [-0.2, 0) is 6.61 Å². The van der Waals surface area contributed by atoms with E-state index in [1.807, 2.05) is 35.9 Å². The fourth-order valence-corrected chi connectivity index (χ4v) is 1.88. The van der Waals surface area contributed by atoms with E-state index < -0.39 is 0 Å². The number of aliphatic hydroxyl groups excluding tert-OH is 1. The van der Waals surface area contributed by atoms with Gasteiger partial charge in [-0.15, -0.1) is 0 Å². The van der Waals surface area contributed by atoms with E-state index >= 15 is 0 Å². The standard InChI is InChI=1S/C11H11BrN2O/c1-8-13-4-5-14(8)11-6-10(12)3-2-9(11)7-15/h2-6,15H,7H2,1H3. The minimum atomic E-state index is 0.0280. The van der Waals surface area contributed by atoms with Crippen molar-refractivity contribution in [2.75, 3.05) is 0 Å². The summed E-state index contributed by atoms with van der Waals surface area (Å²) in [6, 6.07) is 5.79. The van der Waals surface area contributed by atoms with Crippen LogP contribution >= 0.6 is 15.9 Å². The molecule has 0 radical (unpaired) electrons. The van der Waals surface area contributed by atoms with Crippen molar-refractivity contribution in [2.24, 2.45) is 0 Å². The summed E-state index contributed by atoms with van der Waals surface area (Å²) in [7, 11) is 0. The largest absolute Gasteiger partial charge is 0.392 e. The second-order valence-electron chi connectivity index (χ2n) is 3.28. The highest BCUT2D eigenvalue weighted by Gasteiger charge is 2.06. The molecule has 2 aromatic rings. The molecule has 0 atom stereocenters. The van der Waals surface area contributed by atoms with Gasteiger partial charge in [-0.3, -0.25) is 0 Å². The molecule has 1 aromatic heterocycles. The lowest BCUT2D eigenvalue weighted by Crippen LogP contribution is -2.00. The van der Waals surface area contributed by atoms with Gasteiger partial charge in [0, 0.05) is 22.4 Å². The summed E-state index contributed by atoms with van der Waals surface area (Å²) in [4.78, 5) is 4.16. The second kappa shape index (κ2) is 4.16. The molecule has 4 heteroatoms. The number of aromatic nitrogens is 2. The molecule has 1 aromatic carbocycles. The number of benzene rings is 1. The fourth-order valence-electron chi connectivity index (χ4n) is 1.53. The molecule has 3 nitrogen and oxygen atoms in total. The SMILES string of the molecule is Cc1nccn1-c1cc(Br)ccc1CO. The topological polar surface area (TPSA) is 38.0 Å². The van der Waals surface area contributed by atoms with E-state index in [0.29, 0.717) is 0 Å². The smallest absolute Gasteiger partial charge is 0.110 e. The Balaban J connectivity index is 2.60. The number of aliphatic hydroxyl groups is 1. The molecule has 0 aliphatic carbocycles. The Labute approximate surface area is 96.5 Å². The molecule has 0 aliphatic rings. The van der Waals surface area contributed by atoms with Gasteiger partial charge in [-0.1, -0.05) is 22.0 Å². The van der Waals surface area contributed by atoms with Crippen molar-refractivity contribution in [3.05, 3.63) is 46.5 Å². The number of hydrogen-bond donors (Lipinski definition) is 1. The van der Waals surface area contributed by atoms with Crippen LogP contribution in [0.2, 0.25) is 0 Å². The highest BCUT2D eigenvalue weighted by molar-refractivity contribution is 9.10. The van der Waals surface area contributed by atoms with Crippen LogP contribution in [0.25, 0.3) is 5.69 Å². The van der Waals surface area contributed by atoms with Crippen molar-refractivity contribution in [3.8, 4) is 5.69 Å². The molecule has 0 unspecified atom stereocenters. The van der Waals surface area contributed by atoms with Crippen LogP contribution < -0.4 is 0 Å². The Morgan fingerprint density at radius 3 is 2.87 bits per heavy atom. The summed E-state index contributed by atoms with van der Waals surface area (Å²) < 4.78 is 2.94. The number of hydrogen-bond acceptors (Lipinski definition) is 2. The third-order valence-electron chi connectivity index (χ3n) is 2.30. The Hall–Kier alpha value is -1.13. The molecule has 0 saturated heterocycles. The zero-order valence-electron chi connectivity index (χ0n) is 8.31. The predicted octanol–water partition coefficient (Wildman–Crippen LogP) is 2.44. The number of rotatable bonds is 2. The van der Waals surface area contributed by atoms with Gasteiger partial charge in [-0.25, -0.2) is 4.98 Å². The lowest BCUT2D eigenvalue weighted by Gasteiger charge is -2.10. The first-order valence-electron chi connectivity index (χ1n) is 4.62. The van der Waals surface area contributed by atoms with Crippen LogP contribution in [0.1, 0.15) is 11.4 Å². The van der Waals surface area contributed by atoms with Gasteiger partial charge in [0.2, 0.25) is 0 Å². The molecule has 0 bridgehead atoms. The Kier molecular flexibility index (Phi) is 2.88. The molecule has 0 aliphatic heterocycles. The molecule has 0 saturated carbocycles. The maximum absolute atomic E-state index is 9.25. The van der Waals surface area contributed by atoms with Gasteiger partial charge >= 0.3 is 0 Å². The highest BCUT2D eigenvalue weighted by Crippen LogP contribution is 2.21. The van der Waals surface area contributed by atoms with E-state index in [0.717, 1.165) is 21.5 Å². The quantitative estimate of drug-likeness (QED) is 0.907. The zero-order valence-corrected chi connectivity index (χ0v) is 9.90. The normalized spacial score (nSPS) is 10.6. The number of nitrogens with zero attached hydrogens (tertiary/aromatic N) is 2. The fraction of sp³-hybridized carbons (Fsp3) is 0.182. The van der Waals surface area contributed by atoms with E-state index in [9.17, 15) is 5.11 Å². The van der Waals surface area contributed by atoms with E-state index in [4.69, 9.17) is 0 Å². The predicted molar refractivity (Wildman–Crippen MR) is 61.9 cm³/mol. The van der Waals surface area contributed by atoms with Gasteiger partial charge in [0.1, 0.15) is 5.82 Å². The van der Waals surface area contributed by atoms with Crippen LogP contribution in [0.3, 0.4) is 0 Å². The van der Waals surface area contributed by atoms with E-state index in [1.54, 1.807) is 6.20 Å². The zero-order chi connectivity index (χ0) is 10.8. The van der Waals surface area contributed by atoms with E-state index in [1.165, 1.54) is 0 Å². The van der Waals surface area contributed by atoms with E-state index in [-0.39, 0.29) is 6.61 Å². The van der Waals surface area contributed by atoms with Crippen molar-refractivity contribution in [1.29, 1.82) is 0 Å². The molecular formula is C11H11BrN2O. The van der Waals surface area contributed by atoms with Crippen LogP contribution in [0.5, 0.6) is 0 Å². The number of halogens is 1. The molecule has 2 rings (SSSR count). The van der Waals surface area contributed by atoms with Gasteiger partial charge in [-0.2, -0.15) is 0 Å². The number of imidazole rings is 1. The van der Waals surface area contributed by atoms with Crippen LogP contribution in [0.4, 0.5) is 0 Å². The average Bonchev–Trinajstić information content (AvgIpc) is 2.64. The first kappa shape index (κ1) is 10.4. The maximum Gasteiger partial charge on any atom is 0.110 e. The van der Waals surface area contributed by atoms with Gasteiger partial charge < -0.3 is 9.67 Å². The summed E-state index contributed by atoms with van der Waals surface area (Å²) in [5.41, 5.74) is 1.85.